The molecule has 2 rings (SSSR count). The summed E-state index contributed by atoms with van der Waals surface area (Å²) >= 11 is 1.81. The highest BCUT2D eigenvalue weighted by Gasteiger charge is 2.20. The molecule has 1 aliphatic rings. The summed E-state index contributed by atoms with van der Waals surface area (Å²) in [5, 5.41) is 3.98. The highest BCUT2D eigenvalue weighted by Crippen LogP contribution is 2.21. The van der Waals surface area contributed by atoms with E-state index < -0.39 is 0 Å². The Morgan fingerprint density at radius 3 is 2.81 bits per heavy atom. The van der Waals surface area contributed by atoms with Crippen molar-refractivity contribution in [2.75, 3.05) is 18.8 Å². The summed E-state index contributed by atoms with van der Waals surface area (Å²) in [6, 6.07) is 6.04. The maximum absolute atomic E-state index is 12.5. The normalized spacial score (nSPS) is 16.1. The number of nitrogens with zero attached hydrogens (tertiary/aromatic N) is 2. The quantitative estimate of drug-likeness (QED) is 0.876. The van der Waals surface area contributed by atoms with Gasteiger partial charge in [-0.25, -0.2) is 0 Å². The third-order valence-corrected chi connectivity index (χ3v) is 5.09. The topological polar surface area (TPSA) is 45.2 Å². The third kappa shape index (κ3) is 5.32. The first-order chi connectivity index (χ1) is 10.2. The number of carbonyl (C=O) groups excluding carboxylic acids is 1. The predicted octanol–water partition coefficient (Wildman–Crippen LogP) is 2.30. The summed E-state index contributed by atoms with van der Waals surface area (Å²) in [6.45, 7) is 6.89. The number of hydrogen-bond donors (Lipinski definition) is 1. The Balaban J connectivity index is 1.86. The smallest absolute Gasteiger partial charge is 0.233 e. The molecule has 5 heteroatoms. The molecule has 2 heterocycles. The molecule has 116 valence electrons. The van der Waals surface area contributed by atoms with Crippen molar-refractivity contribution in [3.8, 4) is 0 Å². The van der Waals surface area contributed by atoms with E-state index in [9.17, 15) is 4.79 Å². The number of pyridine rings is 1. The molecule has 1 aromatic heterocycles. The first-order valence-electron chi connectivity index (χ1n) is 7.68. The Morgan fingerprint density at radius 1 is 1.43 bits per heavy atom. The van der Waals surface area contributed by atoms with Crippen molar-refractivity contribution in [3.05, 3.63) is 30.1 Å². The molecule has 0 atom stereocenters. The van der Waals surface area contributed by atoms with Crippen LogP contribution < -0.4 is 5.32 Å². The number of amides is 1. The molecule has 4 nitrogen and oxygen atoms in total. The second-order valence-electron chi connectivity index (χ2n) is 5.70. The number of piperidine rings is 1. The van der Waals surface area contributed by atoms with E-state index in [1.165, 1.54) is 12.8 Å². The van der Waals surface area contributed by atoms with Gasteiger partial charge in [-0.3, -0.25) is 9.78 Å². The van der Waals surface area contributed by atoms with Gasteiger partial charge in [0.2, 0.25) is 5.91 Å². The molecule has 1 aliphatic heterocycles. The van der Waals surface area contributed by atoms with Gasteiger partial charge in [-0.05, 0) is 51.9 Å². The average molecular weight is 307 g/mol. The minimum atomic E-state index is 0.202. The first kappa shape index (κ1) is 16.3. The number of hydrogen-bond acceptors (Lipinski definition) is 4. The molecule has 0 saturated carbocycles. The summed E-state index contributed by atoms with van der Waals surface area (Å²) in [5.41, 5.74) is 0.950. The molecule has 1 saturated heterocycles. The molecular weight excluding hydrogens is 282 g/mol. The second kappa shape index (κ2) is 8.39. The first-order valence-corrected chi connectivity index (χ1v) is 8.73. The largest absolute Gasteiger partial charge is 0.334 e. The highest BCUT2D eigenvalue weighted by atomic mass is 32.2. The minimum Gasteiger partial charge on any atom is -0.334 e. The SMILES string of the molecule is CC(C)N(Cc1ccccn1)C(=O)CSC1CCNCC1. The van der Waals surface area contributed by atoms with Crippen molar-refractivity contribution < 1.29 is 4.79 Å². The third-order valence-electron chi connectivity index (χ3n) is 3.73. The van der Waals surface area contributed by atoms with E-state index in [-0.39, 0.29) is 11.9 Å². The van der Waals surface area contributed by atoms with E-state index in [1.54, 1.807) is 6.20 Å². The zero-order valence-corrected chi connectivity index (χ0v) is 13.7. The zero-order chi connectivity index (χ0) is 15.1. The van der Waals surface area contributed by atoms with Crippen molar-refractivity contribution in [1.82, 2.24) is 15.2 Å². The van der Waals surface area contributed by atoms with Crippen LogP contribution in [0.2, 0.25) is 0 Å². The fourth-order valence-electron chi connectivity index (χ4n) is 2.46. The van der Waals surface area contributed by atoms with Gasteiger partial charge >= 0.3 is 0 Å². The van der Waals surface area contributed by atoms with Crippen molar-refractivity contribution >= 4 is 17.7 Å². The maximum atomic E-state index is 12.5. The summed E-state index contributed by atoms with van der Waals surface area (Å²) in [5.74, 6) is 0.801. The van der Waals surface area contributed by atoms with Gasteiger partial charge in [0, 0.05) is 17.5 Å². The van der Waals surface area contributed by atoms with Crippen molar-refractivity contribution in [3.63, 3.8) is 0 Å². The monoisotopic (exact) mass is 307 g/mol. The molecule has 0 unspecified atom stereocenters. The lowest BCUT2D eigenvalue weighted by atomic mass is 10.2. The van der Waals surface area contributed by atoms with Gasteiger partial charge in [-0.1, -0.05) is 6.07 Å². The standard InChI is InChI=1S/C16H25N3OS/c1-13(2)19(11-14-5-3-4-8-18-14)16(20)12-21-15-6-9-17-10-7-15/h3-5,8,13,15,17H,6-7,9-12H2,1-2H3. The van der Waals surface area contributed by atoms with Crippen molar-refractivity contribution in [1.29, 1.82) is 0 Å². The van der Waals surface area contributed by atoms with E-state index in [1.807, 2.05) is 34.9 Å². The predicted molar refractivity (Wildman–Crippen MR) is 88.3 cm³/mol. The lowest BCUT2D eigenvalue weighted by molar-refractivity contribution is -0.130. The van der Waals surface area contributed by atoms with Crippen LogP contribution in [0.1, 0.15) is 32.4 Å². The van der Waals surface area contributed by atoms with Gasteiger partial charge in [0.05, 0.1) is 18.0 Å². The van der Waals surface area contributed by atoms with E-state index in [0.29, 0.717) is 17.5 Å². The second-order valence-corrected chi connectivity index (χ2v) is 6.99. The van der Waals surface area contributed by atoms with Crippen LogP contribution in [0.15, 0.2) is 24.4 Å². The number of nitrogens with one attached hydrogen (secondary N) is 1. The Kier molecular flexibility index (Phi) is 6.51. The molecule has 21 heavy (non-hydrogen) atoms. The lowest BCUT2D eigenvalue weighted by Crippen LogP contribution is -2.38. The van der Waals surface area contributed by atoms with E-state index in [0.717, 1.165) is 18.8 Å². The minimum absolute atomic E-state index is 0.202. The van der Waals surface area contributed by atoms with Crippen LogP contribution >= 0.6 is 11.8 Å². The van der Waals surface area contributed by atoms with Crippen molar-refractivity contribution in [2.45, 2.75) is 44.5 Å². The summed E-state index contributed by atoms with van der Waals surface area (Å²) in [7, 11) is 0. The number of thioether (sulfide) groups is 1. The Bertz CT molecular complexity index is 432. The molecule has 0 radical (unpaired) electrons. The van der Waals surface area contributed by atoms with Crippen LogP contribution in [0.5, 0.6) is 0 Å². The van der Waals surface area contributed by atoms with Crippen LogP contribution in [0.25, 0.3) is 0 Å². The molecule has 1 amide bonds. The summed E-state index contributed by atoms with van der Waals surface area (Å²) < 4.78 is 0. The van der Waals surface area contributed by atoms with Crippen LogP contribution in [-0.2, 0) is 11.3 Å². The van der Waals surface area contributed by atoms with Crippen molar-refractivity contribution in [2.24, 2.45) is 0 Å². The van der Waals surface area contributed by atoms with E-state index >= 15 is 0 Å². The van der Waals surface area contributed by atoms with Crippen LogP contribution in [0.3, 0.4) is 0 Å². The summed E-state index contributed by atoms with van der Waals surface area (Å²) in [4.78, 5) is 18.7. The molecule has 0 aliphatic carbocycles. The van der Waals surface area contributed by atoms with Crippen LogP contribution in [0, 0.1) is 0 Å². The summed E-state index contributed by atoms with van der Waals surface area (Å²) in [6.07, 6.45) is 4.11. The van der Waals surface area contributed by atoms with Gasteiger partial charge in [0.1, 0.15) is 0 Å². The Labute approximate surface area is 131 Å². The average Bonchev–Trinajstić information content (AvgIpc) is 2.52. The molecule has 1 fully saturated rings. The maximum Gasteiger partial charge on any atom is 0.233 e. The zero-order valence-electron chi connectivity index (χ0n) is 12.9. The molecule has 0 aromatic carbocycles. The van der Waals surface area contributed by atoms with Crippen LogP contribution in [-0.4, -0.2) is 45.9 Å². The molecule has 0 spiro atoms. The fraction of sp³-hybridized carbons (Fsp3) is 0.625. The molecule has 1 aromatic rings. The Morgan fingerprint density at radius 2 is 2.19 bits per heavy atom. The van der Waals surface area contributed by atoms with Gasteiger partial charge in [-0.15, -0.1) is 11.8 Å². The van der Waals surface area contributed by atoms with E-state index in [4.69, 9.17) is 0 Å². The fourth-order valence-corrected chi connectivity index (χ4v) is 3.57. The number of carbonyl (C=O) groups is 1. The number of aromatic nitrogens is 1. The van der Waals surface area contributed by atoms with Gasteiger partial charge in [-0.2, -0.15) is 0 Å². The van der Waals surface area contributed by atoms with Gasteiger partial charge in [0.15, 0.2) is 0 Å². The van der Waals surface area contributed by atoms with Crippen LogP contribution in [0.4, 0.5) is 0 Å². The highest BCUT2D eigenvalue weighted by molar-refractivity contribution is 8.00. The molecule has 1 N–H and O–H groups in total. The number of rotatable bonds is 6. The molecule has 0 bridgehead atoms. The lowest BCUT2D eigenvalue weighted by Gasteiger charge is -2.28. The van der Waals surface area contributed by atoms with Gasteiger partial charge in [0.25, 0.3) is 0 Å². The van der Waals surface area contributed by atoms with Gasteiger partial charge < -0.3 is 10.2 Å². The Hall–Kier alpha value is -1.07. The molecular formula is C16H25N3OS. The van der Waals surface area contributed by atoms with E-state index in [2.05, 4.69) is 24.1 Å².